The number of carbonyl (C=O) groups is 2. The Hall–Kier alpha value is -0.770. The largest absolute Gasteiger partial charge is 0.368 e. The van der Waals surface area contributed by atoms with Crippen LogP contribution in [0.1, 0.15) is 19.8 Å². The van der Waals surface area contributed by atoms with Gasteiger partial charge in [0.1, 0.15) is 11.9 Å². The van der Waals surface area contributed by atoms with Crippen molar-refractivity contribution in [3.8, 4) is 0 Å². The molecular weight excluding hydrogens is 204 g/mol. The first kappa shape index (κ1) is 11.3. The highest BCUT2D eigenvalue weighted by molar-refractivity contribution is 6.27. The maximum absolute atomic E-state index is 11.4. The van der Waals surface area contributed by atoms with Crippen molar-refractivity contribution >= 4 is 23.4 Å². The number of hydrogen-bond acceptors (Lipinski definition) is 2. The summed E-state index contributed by atoms with van der Waals surface area (Å²) in [7, 11) is 0. The summed E-state index contributed by atoms with van der Waals surface area (Å²) in [5.41, 5.74) is 5.24. The van der Waals surface area contributed by atoms with E-state index in [-0.39, 0.29) is 11.8 Å². The van der Waals surface area contributed by atoms with E-state index in [0.29, 0.717) is 18.9 Å². The van der Waals surface area contributed by atoms with Gasteiger partial charge in [-0.25, -0.2) is 0 Å². The van der Waals surface area contributed by atoms with Crippen molar-refractivity contribution in [2.45, 2.75) is 25.8 Å². The first-order chi connectivity index (χ1) is 6.56. The maximum Gasteiger partial charge on any atom is 0.240 e. The van der Waals surface area contributed by atoms with Crippen molar-refractivity contribution in [3.63, 3.8) is 0 Å². The van der Waals surface area contributed by atoms with Gasteiger partial charge < -0.3 is 10.6 Å². The zero-order valence-corrected chi connectivity index (χ0v) is 8.96. The Kier molecular flexibility index (Phi) is 3.75. The summed E-state index contributed by atoms with van der Waals surface area (Å²) in [4.78, 5) is 24.0. The Bertz CT molecular complexity index is 245. The quantitative estimate of drug-likeness (QED) is 0.680. The molecule has 0 aliphatic carbocycles. The Morgan fingerprint density at radius 3 is 2.71 bits per heavy atom. The first-order valence-electron chi connectivity index (χ1n) is 4.71. The van der Waals surface area contributed by atoms with E-state index in [1.807, 2.05) is 0 Å². The number of piperidine rings is 1. The van der Waals surface area contributed by atoms with Crippen molar-refractivity contribution in [1.82, 2.24) is 4.90 Å². The molecule has 0 aromatic carbocycles. The zero-order chi connectivity index (χ0) is 10.7. The fourth-order valence-electron chi connectivity index (χ4n) is 1.79. The molecule has 1 saturated heterocycles. The fourth-order valence-corrected chi connectivity index (χ4v) is 1.94. The van der Waals surface area contributed by atoms with E-state index in [9.17, 15) is 9.59 Å². The lowest BCUT2D eigenvalue weighted by Gasteiger charge is -2.36. The molecule has 14 heavy (non-hydrogen) atoms. The van der Waals surface area contributed by atoms with Gasteiger partial charge in [0.25, 0.3) is 0 Å². The lowest BCUT2D eigenvalue weighted by atomic mass is 9.92. The number of rotatable bonds is 2. The molecule has 0 aromatic heterocycles. The summed E-state index contributed by atoms with van der Waals surface area (Å²) < 4.78 is 0. The van der Waals surface area contributed by atoms with Gasteiger partial charge in [-0.3, -0.25) is 9.59 Å². The Balaban J connectivity index is 2.72. The number of primary amides is 1. The van der Waals surface area contributed by atoms with Gasteiger partial charge in [0.15, 0.2) is 0 Å². The lowest BCUT2D eigenvalue weighted by molar-refractivity contribution is -0.139. The van der Waals surface area contributed by atoms with Crippen molar-refractivity contribution < 1.29 is 9.59 Å². The molecule has 2 unspecified atom stereocenters. The third kappa shape index (κ3) is 2.38. The van der Waals surface area contributed by atoms with Gasteiger partial charge in [-0.1, -0.05) is 6.92 Å². The van der Waals surface area contributed by atoms with Gasteiger partial charge in [0.05, 0.1) is 0 Å². The minimum Gasteiger partial charge on any atom is -0.368 e. The molecule has 1 rings (SSSR count). The third-order valence-corrected chi connectivity index (χ3v) is 2.86. The van der Waals surface area contributed by atoms with Crippen LogP contribution in [0, 0.1) is 5.92 Å². The highest BCUT2D eigenvalue weighted by atomic mass is 35.5. The molecule has 1 aliphatic rings. The first-order valence-corrected chi connectivity index (χ1v) is 5.24. The van der Waals surface area contributed by atoms with Crippen molar-refractivity contribution in [2.24, 2.45) is 11.7 Å². The normalized spacial score (nSPS) is 27.4. The molecule has 2 atom stereocenters. The van der Waals surface area contributed by atoms with Crippen LogP contribution < -0.4 is 5.73 Å². The van der Waals surface area contributed by atoms with Gasteiger partial charge in [-0.15, -0.1) is 11.6 Å². The molecule has 0 saturated carbocycles. The van der Waals surface area contributed by atoms with Gasteiger partial charge in [-0.2, -0.15) is 0 Å². The predicted octanol–water partition coefficient (Wildman–Crippen LogP) is 0.338. The summed E-state index contributed by atoms with van der Waals surface area (Å²) in [6.45, 7) is 2.64. The van der Waals surface area contributed by atoms with Gasteiger partial charge in [-0.05, 0) is 18.8 Å². The predicted molar refractivity (Wildman–Crippen MR) is 53.8 cm³/mol. The molecule has 1 heterocycles. The van der Waals surface area contributed by atoms with Crippen molar-refractivity contribution in [2.75, 3.05) is 12.4 Å². The third-order valence-electron chi connectivity index (χ3n) is 2.63. The van der Waals surface area contributed by atoms with Crippen molar-refractivity contribution in [3.05, 3.63) is 0 Å². The van der Waals surface area contributed by atoms with Crippen LogP contribution in [0.2, 0.25) is 0 Å². The van der Waals surface area contributed by atoms with Crippen LogP contribution in [0.4, 0.5) is 0 Å². The van der Waals surface area contributed by atoms with E-state index in [1.165, 1.54) is 4.90 Å². The van der Waals surface area contributed by atoms with Crippen LogP contribution in [-0.4, -0.2) is 35.2 Å². The lowest BCUT2D eigenvalue weighted by Crippen LogP contribution is -2.52. The number of alkyl halides is 1. The standard InChI is InChI=1S/C9H15ClN2O2/c1-6-2-3-12(8(13)5-10)7(4-6)9(11)14/h6-7H,2-5H2,1H3,(H2,11,14). The highest BCUT2D eigenvalue weighted by Gasteiger charge is 2.32. The topological polar surface area (TPSA) is 63.4 Å². The minimum atomic E-state index is -0.468. The molecule has 0 aromatic rings. The van der Waals surface area contributed by atoms with E-state index in [0.717, 1.165) is 6.42 Å². The maximum atomic E-state index is 11.4. The smallest absolute Gasteiger partial charge is 0.240 e. The van der Waals surface area contributed by atoms with E-state index in [2.05, 4.69) is 6.92 Å². The molecule has 0 spiro atoms. The van der Waals surface area contributed by atoms with Crippen LogP contribution >= 0.6 is 11.6 Å². The average molecular weight is 219 g/mol. The van der Waals surface area contributed by atoms with E-state index >= 15 is 0 Å². The summed E-state index contributed by atoms with van der Waals surface area (Å²) in [6, 6.07) is -0.468. The van der Waals surface area contributed by atoms with E-state index in [1.54, 1.807) is 0 Å². The Labute approximate surface area is 88.4 Å². The van der Waals surface area contributed by atoms with Crippen LogP contribution in [0.3, 0.4) is 0 Å². The second kappa shape index (κ2) is 4.64. The highest BCUT2D eigenvalue weighted by Crippen LogP contribution is 2.22. The number of likely N-dealkylation sites (tertiary alicyclic amines) is 1. The molecule has 5 heteroatoms. The second-order valence-electron chi connectivity index (χ2n) is 3.77. The van der Waals surface area contributed by atoms with E-state index in [4.69, 9.17) is 17.3 Å². The SMILES string of the molecule is CC1CCN(C(=O)CCl)C(C(N)=O)C1. The molecule has 0 bridgehead atoms. The van der Waals surface area contributed by atoms with Crippen LogP contribution in [0.25, 0.3) is 0 Å². The number of nitrogens with two attached hydrogens (primary N) is 1. The Morgan fingerprint density at radius 2 is 2.21 bits per heavy atom. The molecule has 0 radical (unpaired) electrons. The Morgan fingerprint density at radius 1 is 1.57 bits per heavy atom. The number of carbonyl (C=O) groups excluding carboxylic acids is 2. The number of nitrogens with zero attached hydrogens (tertiary/aromatic N) is 1. The molecule has 2 amide bonds. The fraction of sp³-hybridized carbons (Fsp3) is 0.778. The summed E-state index contributed by atoms with van der Waals surface area (Å²) in [5.74, 6) is -0.290. The average Bonchev–Trinajstić information content (AvgIpc) is 2.16. The van der Waals surface area contributed by atoms with Crippen LogP contribution in [0.5, 0.6) is 0 Å². The monoisotopic (exact) mass is 218 g/mol. The second-order valence-corrected chi connectivity index (χ2v) is 4.04. The number of amides is 2. The summed E-state index contributed by atoms with van der Waals surface area (Å²) >= 11 is 5.45. The van der Waals surface area contributed by atoms with Gasteiger partial charge in [0, 0.05) is 6.54 Å². The summed E-state index contributed by atoms with van der Waals surface area (Å²) in [6.07, 6.45) is 1.56. The van der Waals surface area contributed by atoms with Gasteiger partial charge >= 0.3 is 0 Å². The number of hydrogen-bond donors (Lipinski definition) is 1. The summed E-state index contributed by atoms with van der Waals surface area (Å²) in [5, 5.41) is 0. The van der Waals surface area contributed by atoms with Crippen LogP contribution in [-0.2, 0) is 9.59 Å². The molecule has 1 aliphatic heterocycles. The molecule has 2 N–H and O–H groups in total. The zero-order valence-electron chi connectivity index (χ0n) is 8.20. The minimum absolute atomic E-state index is 0.0852. The molecular formula is C9H15ClN2O2. The molecule has 4 nitrogen and oxygen atoms in total. The van der Waals surface area contributed by atoms with E-state index < -0.39 is 11.9 Å². The van der Waals surface area contributed by atoms with Crippen LogP contribution in [0.15, 0.2) is 0 Å². The molecule has 1 fully saturated rings. The molecule has 80 valence electrons. The van der Waals surface area contributed by atoms with Crippen molar-refractivity contribution in [1.29, 1.82) is 0 Å². The number of halogens is 1. The van der Waals surface area contributed by atoms with Gasteiger partial charge in [0.2, 0.25) is 11.8 Å².